The molecule has 1 aromatic carbocycles. The van der Waals surface area contributed by atoms with E-state index < -0.39 is 12.0 Å². The summed E-state index contributed by atoms with van der Waals surface area (Å²) in [7, 11) is 0. The molecule has 1 aliphatic heterocycles. The van der Waals surface area contributed by atoms with Crippen LogP contribution in [0.5, 0.6) is 0 Å². The number of carboxylic acid groups (broad SMARTS) is 1. The van der Waals surface area contributed by atoms with Crippen molar-refractivity contribution in [1.29, 1.82) is 0 Å². The lowest BCUT2D eigenvalue weighted by Gasteiger charge is -2.10. The third-order valence-corrected chi connectivity index (χ3v) is 5.65. The summed E-state index contributed by atoms with van der Waals surface area (Å²) in [5.74, 6) is 0.339. The second kappa shape index (κ2) is 6.34. The Morgan fingerprint density at radius 2 is 2.00 bits per heavy atom. The molecule has 0 radical (unpaired) electrons. The van der Waals surface area contributed by atoms with E-state index in [2.05, 4.69) is 15.6 Å². The Balaban J connectivity index is 2.00. The highest BCUT2D eigenvalue weighted by Crippen LogP contribution is 2.37. The number of thiophene rings is 1. The number of aliphatic imine (C=N–C) groups is 1. The molecule has 4 rings (SSSR count). The van der Waals surface area contributed by atoms with Crippen LogP contribution in [0.25, 0.3) is 5.00 Å². The van der Waals surface area contributed by atoms with Crippen LogP contribution in [0.4, 0.5) is 0 Å². The van der Waals surface area contributed by atoms with Crippen LogP contribution in [0.1, 0.15) is 40.8 Å². The molecule has 0 spiro atoms. The first-order valence-electron chi connectivity index (χ1n) is 8.02. The van der Waals surface area contributed by atoms with Crippen molar-refractivity contribution < 1.29 is 9.90 Å². The van der Waals surface area contributed by atoms with Crippen molar-refractivity contribution in [3.8, 4) is 5.00 Å². The van der Waals surface area contributed by atoms with Crippen molar-refractivity contribution in [1.82, 2.24) is 14.8 Å². The number of rotatable bonds is 3. The molecular weight excluding hydrogens is 372 g/mol. The molecule has 1 N–H and O–H groups in total. The molecule has 0 unspecified atom stereocenters. The summed E-state index contributed by atoms with van der Waals surface area (Å²) >= 11 is 7.61. The van der Waals surface area contributed by atoms with Gasteiger partial charge in [0.25, 0.3) is 0 Å². The first-order chi connectivity index (χ1) is 12.5. The molecule has 6 nitrogen and oxygen atoms in total. The number of fused-ring (bicyclic) bond motifs is 3. The molecule has 8 heteroatoms. The quantitative estimate of drug-likeness (QED) is 0.738. The Labute approximate surface area is 158 Å². The zero-order valence-electron chi connectivity index (χ0n) is 14.1. The van der Waals surface area contributed by atoms with Gasteiger partial charge in [-0.15, -0.1) is 21.5 Å². The largest absolute Gasteiger partial charge is 0.481 e. The van der Waals surface area contributed by atoms with E-state index >= 15 is 0 Å². The molecule has 0 amide bonds. The summed E-state index contributed by atoms with van der Waals surface area (Å²) in [4.78, 5) is 16.2. The fraction of sp³-hybridized carbons (Fsp3) is 0.222. The average molecular weight is 387 g/mol. The van der Waals surface area contributed by atoms with Gasteiger partial charge in [0.2, 0.25) is 0 Å². The molecular formula is C18H15ClN4O2S. The number of nitrogens with zero attached hydrogens (tertiary/aromatic N) is 4. The van der Waals surface area contributed by atoms with E-state index in [1.165, 1.54) is 0 Å². The van der Waals surface area contributed by atoms with Gasteiger partial charge in [-0.25, -0.2) is 0 Å². The Bertz CT molecular complexity index is 1040. The lowest BCUT2D eigenvalue weighted by molar-refractivity contribution is -0.137. The summed E-state index contributed by atoms with van der Waals surface area (Å²) in [6.07, 6.45) is -0.150. The van der Waals surface area contributed by atoms with Gasteiger partial charge in [0.1, 0.15) is 16.9 Å². The van der Waals surface area contributed by atoms with Crippen LogP contribution in [-0.4, -0.2) is 31.6 Å². The Morgan fingerprint density at radius 1 is 1.27 bits per heavy atom. The summed E-state index contributed by atoms with van der Waals surface area (Å²) in [6.45, 7) is 3.89. The number of benzene rings is 1. The van der Waals surface area contributed by atoms with Crippen molar-refractivity contribution in [3.63, 3.8) is 0 Å². The molecule has 0 saturated carbocycles. The van der Waals surface area contributed by atoms with Gasteiger partial charge >= 0.3 is 5.97 Å². The molecule has 1 aliphatic rings. The van der Waals surface area contributed by atoms with Gasteiger partial charge in [-0.2, -0.15) is 0 Å². The van der Waals surface area contributed by atoms with Crippen LogP contribution in [0.2, 0.25) is 5.02 Å². The SMILES string of the molecule is Cc1csc2c1C(c1ccc(Cl)cc1)=N[C@@H](CC(=O)O)c1nnc(C)n1-2. The van der Waals surface area contributed by atoms with Crippen LogP contribution >= 0.6 is 22.9 Å². The van der Waals surface area contributed by atoms with Crippen molar-refractivity contribution in [3.05, 3.63) is 63.0 Å². The van der Waals surface area contributed by atoms with E-state index in [1.807, 2.05) is 42.7 Å². The van der Waals surface area contributed by atoms with E-state index in [-0.39, 0.29) is 6.42 Å². The maximum absolute atomic E-state index is 11.4. The number of carbonyl (C=O) groups is 1. The number of carboxylic acids is 1. The van der Waals surface area contributed by atoms with Gasteiger partial charge in [0, 0.05) is 16.1 Å². The van der Waals surface area contributed by atoms with Gasteiger partial charge in [-0.05, 0) is 36.9 Å². The minimum atomic E-state index is -0.927. The Hall–Kier alpha value is -2.51. The number of halogens is 1. The monoisotopic (exact) mass is 386 g/mol. The number of aromatic nitrogens is 3. The third-order valence-electron chi connectivity index (χ3n) is 4.31. The predicted molar refractivity (Wildman–Crippen MR) is 101 cm³/mol. The standard InChI is InChI=1S/C18H15ClN4O2S/c1-9-8-26-18-15(9)16(11-3-5-12(19)6-4-11)20-13(7-14(24)25)17-22-21-10(2)23(17)18/h3-6,8,13H,7H2,1-2H3,(H,24,25)/t13-/m0/s1. The zero-order chi connectivity index (χ0) is 18.4. The zero-order valence-corrected chi connectivity index (χ0v) is 15.7. The van der Waals surface area contributed by atoms with Gasteiger partial charge in [0.15, 0.2) is 5.82 Å². The Kier molecular flexibility index (Phi) is 4.13. The molecule has 0 bridgehead atoms. The highest BCUT2D eigenvalue weighted by atomic mass is 35.5. The van der Waals surface area contributed by atoms with E-state index in [9.17, 15) is 9.90 Å². The van der Waals surface area contributed by atoms with Gasteiger partial charge in [0.05, 0.1) is 12.1 Å². The highest BCUT2D eigenvalue weighted by Gasteiger charge is 2.31. The van der Waals surface area contributed by atoms with Crippen LogP contribution < -0.4 is 0 Å². The smallest absolute Gasteiger partial charge is 0.306 e. The van der Waals surface area contributed by atoms with Crippen LogP contribution in [-0.2, 0) is 4.79 Å². The summed E-state index contributed by atoms with van der Waals surface area (Å²) in [6, 6.07) is 6.81. The fourth-order valence-corrected chi connectivity index (χ4v) is 4.37. The van der Waals surface area contributed by atoms with Crippen LogP contribution in [0.3, 0.4) is 0 Å². The molecule has 2 aromatic heterocycles. The normalized spacial score (nSPS) is 15.8. The van der Waals surface area contributed by atoms with Crippen molar-refractivity contribution >= 4 is 34.6 Å². The van der Waals surface area contributed by atoms with Crippen molar-refractivity contribution in [2.24, 2.45) is 4.99 Å². The van der Waals surface area contributed by atoms with E-state index in [0.717, 1.165) is 27.4 Å². The topological polar surface area (TPSA) is 80.4 Å². The van der Waals surface area contributed by atoms with Crippen molar-refractivity contribution in [2.45, 2.75) is 26.3 Å². The lowest BCUT2D eigenvalue weighted by Crippen LogP contribution is -2.10. The number of aryl methyl sites for hydroxylation is 2. The number of hydrogen-bond acceptors (Lipinski definition) is 5. The second-order valence-corrected chi connectivity index (χ2v) is 7.43. The lowest BCUT2D eigenvalue weighted by atomic mass is 10.0. The summed E-state index contributed by atoms with van der Waals surface area (Å²) < 4.78 is 1.92. The van der Waals surface area contributed by atoms with Crippen molar-refractivity contribution in [2.75, 3.05) is 0 Å². The second-order valence-electron chi connectivity index (χ2n) is 6.14. The molecule has 1 atom stereocenters. The number of hydrogen-bond donors (Lipinski definition) is 1. The summed E-state index contributed by atoms with van der Waals surface area (Å²) in [5, 5.41) is 21.4. The molecule has 26 heavy (non-hydrogen) atoms. The maximum atomic E-state index is 11.4. The van der Waals surface area contributed by atoms with E-state index in [0.29, 0.717) is 16.7 Å². The molecule has 0 saturated heterocycles. The van der Waals surface area contributed by atoms with Gasteiger partial charge < -0.3 is 5.11 Å². The summed E-state index contributed by atoms with van der Waals surface area (Å²) in [5.41, 5.74) is 3.71. The highest BCUT2D eigenvalue weighted by molar-refractivity contribution is 7.13. The molecule has 0 fully saturated rings. The third kappa shape index (κ3) is 2.73. The van der Waals surface area contributed by atoms with E-state index in [1.54, 1.807) is 11.3 Å². The van der Waals surface area contributed by atoms with E-state index in [4.69, 9.17) is 16.6 Å². The average Bonchev–Trinajstić information content (AvgIpc) is 3.11. The fourth-order valence-electron chi connectivity index (χ4n) is 3.14. The minimum Gasteiger partial charge on any atom is -0.481 e. The molecule has 3 aromatic rings. The molecule has 132 valence electrons. The number of aliphatic carboxylic acids is 1. The minimum absolute atomic E-state index is 0.150. The molecule has 0 aliphatic carbocycles. The first kappa shape index (κ1) is 16.9. The Morgan fingerprint density at radius 3 is 2.69 bits per heavy atom. The molecule has 3 heterocycles. The van der Waals surface area contributed by atoms with Crippen LogP contribution in [0.15, 0.2) is 34.6 Å². The van der Waals surface area contributed by atoms with Gasteiger partial charge in [-0.1, -0.05) is 23.7 Å². The first-order valence-corrected chi connectivity index (χ1v) is 9.27. The van der Waals surface area contributed by atoms with Gasteiger partial charge in [-0.3, -0.25) is 14.4 Å². The predicted octanol–water partition coefficient (Wildman–Crippen LogP) is 3.97. The van der Waals surface area contributed by atoms with Crippen LogP contribution in [0, 0.1) is 13.8 Å². The maximum Gasteiger partial charge on any atom is 0.306 e.